The summed E-state index contributed by atoms with van der Waals surface area (Å²) in [5.74, 6) is -1.47. The van der Waals surface area contributed by atoms with Gasteiger partial charge in [0, 0.05) is 6.54 Å². The first-order valence-corrected chi connectivity index (χ1v) is 7.35. The second kappa shape index (κ2) is 7.28. The number of primary amides is 1. The maximum absolute atomic E-state index is 12.3. The molecule has 0 spiro atoms. The molecular formula is C14H25N3O4. The lowest BCUT2D eigenvalue weighted by molar-refractivity contribution is -0.145. The normalized spacial score (nSPS) is 17.3. The molecule has 0 saturated heterocycles. The summed E-state index contributed by atoms with van der Waals surface area (Å²) < 4.78 is 0. The fourth-order valence-electron chi connectivity index (χ4n) is 2.68. The molecule has 3 amide bonds. The van der Waals surface area contributed by atoms with Gasteiger partial charge < -0.3 is 21.1 Å². The maximum Gasteiger partial charge on any atom is 0.329 e. The van der Waals surface area contributed by atoms with E-state index in [4.69, 9.17) is 5.73 Å². The van der Waals surface area contributed by atoms with Crippen molar-refractivity contribution in [3.8, 4) is 0 Å². The van der Waals surface area contributed by atoms with Gasteiger partial charge in [0.1, 0.15) is 12.1 Å². The Labute approximate surface area is 124 Å². The summed E-state index contributed by atoms with van der Waals surface area (Å²) >= 11 is 0. The SMILES string of the molecule is CC(C)CN(CC(N)=O)C(=O)NC1(C(=O)O)CCCCC1. The molecule has 0 aromatic rings. The Bertz CT molecular complexity index is 403. The van der Waals surface area contributed by atoms with Crippen molar-refractivity contribution in [1.29, 1.82) is 0 Å². The number of nitrogens with zero attached hydrogens (tertiary/aromatic N) is 1. The number of amides is 3. The number of nitrogens with two attached hydrogens (primary N) is 1. The van der Waals surface area contributed by atoms with Crippen molar-refractivity contribution >= 4 is 17.9 Å². The average molecular weight is 299 g/mol. The lowest BCUT2D eigenvalue weighted by Gasteiger charge is -2.36. The van der Waals surface area contributed by atoms with Gasteiger partial charge in [-0.05, 0) is 18.8 Å². The lowest BCUT2D eigenvalue weighted by Crippen LogP contribution is -2.59. The average Bonchev–Trinajstić information content (AvgIpc) is 2.37. The number of urea groups is 1. The van der Waals surface area contributed by atoms with Gasteiger partial charge in [0.25, 0.3) is 0 Å². The van der Waals surface area contributed by atoms with Gasteiger partial charge in [0.05, 0.1) is 0 Å². The Balaban J connectivity index is 2.81. The zero-order valence-electron chi connectivity index (χ0n) is 12.7. The largest absolute Gasteiger partial charge is 0.480 e. The minimum Gasteiger partial charge on any atom is -0.480 e. The summed E-state index contributed by atoms with van der Waals surface area (Å²) in [7, 11) is 0. The van der Waals surface area contributed by atoms with E-state index in [0.29, 0.717) is 19.4 Å². The fourth-order valence-corrected chi connectivity index (χ4v) is 2.68. The van der Waals surface area contributed by atoms with Crippen molar-refractivity contribution in [3.05, 3.63) is 0 Å². The molecule has 0 aromatic heterocycles. The van der Waals surface area contributed by atoms with Crippen LogP contribution < -0.4 is 11.1 Å². The summed E-state index contributed by atoms with van der Waals surface area (Å²) in [6.45, 7) is 3.97. The van der Waals surface area contributed by atoms with Gasteiger partial charge in [-0.25, -0.2) is 9.59 Å². The van der Waals surface area contributed by atoms with E-state index >= 15 is 0 Å². The number of hydrogen-bond acceptors (Lipinski definition) is 3. The standard InChI is InChI=1S/C14H25N3O4/c1-10(2)8-17(9-11(15)18)13(21)16-14(12(19)20)6-4-3-5-7-14/h10H,3-9H2,1-2H3,(H2,15,18)(H,16,21)(H,19,20). The predicted octanol–water partition coefficient (Wildman–Crippen LogP) is 0.927. The van der Waals surface area contributed by atoms with Crippen molar-refractivity contribution < 1.29 is 19.5 Å². The summed E-state index contributed by atoms with van der Waals surface area (Å²) in [4.78, 5) is 36.3. The fraction of sp³-hybridized carbons (Fsp3) is 0.786. The molecule has 0 heterocycles. The first kappa shape index (κ1) is 17.3. The summed E-state index contributed by atoms with van der Waals surface area (Å²) in [6, 6.07) is -0.535. The second-order valence-corrected chi connectivity index (χ2v) is 6.12. The van der Waals surface area contributed by atoms with Crippen LogP contribution >= 0.6 is 0 Å². The molecule has 4 N–H and O–H groups in total. The number of carboxylic acids is 1. The number of rotatable bonds is 6. The van der Waals surface area contributed by atoms with Crippen LogP contribution in [0.2, 0.25) is 0 Å². The number of nitrogens with one attached hydrogen (secondary N) is 1. The quantitative estimate of drug-likeness (QED) is 0.677. The molecule has 0 aliphatic heterocycles. The molecule has 1 saturated carbocycles. The van der Waals surface area contributed by atoms with E-state index in [-0.39, 0.29) is 12.5 Å². The minimum atomic E-state index is -1.22. The zero-order valence-corrected chi connectivity index (χ0v) is 12.7. The molecule has 1 fully saturated rings. The summed E-state index contributed by atoms with van der Waals surface area (Å²) in [5.41, 5.74) is 3.94. The van der Waals surface area contributed by atoms with Gasteiger partial charge in [-0.15, -0.1) is 0 Å². The van der Waals surface area contributed by atoms with Crippen molar-refractivity contribution in [2.24, 2.45) is 11.7 Å². The third-order valence-corrected chi connectivity index (χ3v) is 3.68. The second-order valence-electron chi connectivity index (χ2n) is 6.12. The Morgan fingerprint density at radius 3 is 2.24 bits per heavy atom. The molecule has 1 aliphatic rings. The Hall–Kier alpha value is -1.79. The van der Waals surface area contributed by atoms with Crippen molar-refractivity contribution in [2.75, 3.05) is 13.1 Å². The van der Waals surface area contributed by atoms with Gasteiger partial charge >= 0.3 is 12.0 Å². The van der Waals surface area contributed by atoms with Crippen LogP contribution in [0, 0.1) is 5.92 Å². The third kappa shape index (κ3) is 4.91. The molecule has 0 aromatic carbocycles. The molecule has 0 atom stereocenters. The highest BCUT2D eigenvalue weighted by molar-refractivity contribution is 5.88. The zero-order chi connectivity index (χ0) is 16.0. The molecular weight excluding hydrogens is 274 g/mol. The molecule has 1 aliphatic carbocycles. The van der Waals surface area contributed by atoms with Gasteiger partial charge in [-0.2, -0.15) is 0 Å². The van der Waals surface area contributed by atoms with Crippen molar-refractivity contribution in [2.45, 2.75) is 51.5 Å². The van der Waals surface area contributed by atoms with Gasteiger partial charge in [0.2, 0.25) is 5.91 Å². The van der Waals surface area contributed by atoms with E-state index in [1.807, 2.05) is 13.8 Å². The molecule has 0 radical (unpaired) electrons. The molecule has 0 bridgehead atoms. The van der Waals surface area contributed by atoms with Crippen LogP contribution in [0.25, 0.3) is 0 Å². The summed E-state index contributed by atoms with van der Waals surface area (Å²) in [5, 5.41) is 12.1. The van der Waals surface area contributed by atoms with E-state index < -0.39 is 23.4 Å². The first-order valence-electron chi connectivity index (χ1n) is 7.35. The van der Waals surface area contributed by atoms with E-state index in [9.17, 15) is 19.5 Å². The van der Waals surface area contributed by atoms with Crippen LogP contribution in [-0.2, 0) is 9.59 Å². The maximum atomic E-state index is 12.3. The van der Waals surface area contributed by atoms with Crippen LogP contribution in [0.4, 0.5) is 4.79 Å². The van der Waals surface area contributed by atoms with Crippen LogP contribution in [-0.4, -0.2) is 46.5 Å². The lowest BCUT2D eigenvalue weighted by atomic mass is 9.82. The Morgan fingerprint density at radius 2 is 1.81 bits per heavy atom. The van der Waals surface area contributed by atoms with Crippen molar-refractivity contribution in [3.63, 3.8) is 0 Å². The van der Waals surface area contributed by atoms with Gasteiger partial charge in [0.15, 0.2) is 0 Å². The van der Waals surface area contributed by atoms with Crippen LogP contribution in [0.3, 0.4) is 0 Å². The number of hydrogen-bond donors (Lipinski definition) is 3. The smallest absolute Gasteiger partial charge is 0.329 e. The number of carboxylic acid groups (broad SMARTS) is 1. The molecule has 120 valence electrons. The van der Waals surface area contributed by atoms with E-state index in [0.717, 1.165) is 19.3 Å². The summed E-state index contributed by atoms with van der Waals surface area (Å²) in [6.07, 6.45) is 3.35. The Morgan fingerprint density at radius 1 is 1.24 bits per heavy atom. The van der Waals surface area contributed by atoms with E-state index in [1.54, 1.807) is 0 Å². The van der Waals surface area contributed by atoms with Gasteiger partial charge in [-0.3, -0.25) is 4.79 Å². The van der Waals surface area contributed by atoms with Crippen LogP contribution in [0.1, 0.15) is 46.0 Å². The predicted molar refractivity (Wildman–Crippen MR) is 77.6 cm³/mol. The van der Waals surface area contributed by atoms with E-state index in [1.165, 1.54) is 4.90 Å². The molecule has 21 heavy (non-hydrogen) atoms. The molecule has 7 heteroatoms. The molecule has 7 nitrogen and oxygen atoms in total. The highest BCUT2D eigenvalue weighted by atomic mass is 16.4. The number of carbonyl (C=O) groups is 3. The van der Waals surface area contributed by atoms with E-state index in [2.05, 4.69) is 5.32 Å². The molecule has 1 rings (SSSR count). The highest BCUT2D eigenvalue weighted by Gasteiger charge is 2.41. The van der Waals surface area contributed by atoms with Gasteiger partial charge in [-0.1, -0.05) is 33.1 Å². The monoisotopic (exact) mass is 299 g/mol. The highest BCUT2D eigenvalue weighted by Crippen LogP contribution is 2.28. The first-order chi connectivity index (χ1) is 9.77. The van der Waals surface area contributed by atoms with Crippen molar-refractivity contribution in [1.82, 2.24) is 10.2 Å². The van der Waals surface area contributed by atoms with Crippen LogP contribution in [0.15, 0.2) is 0 Å². The number of aliphatic carboxylic acids is 1. The Kier molecular flexibility index (Phi) is 5.99. The minimum absolute atomic E-state index is 0.155. The number of carbonyl (C=O) groups excluding carboxylic acids is 2. The van der Waals surface area contributed by atoms with Crippen LogP contribution in [0.5, 0.6) is 0 Å². The topological polar surface area (TPSA) is 113 Å². The third-order valence-electron chi connectivity index (χ3n) is 3.68. The molecule has 0 unspecified atom stereocenters.